The van der Waals surface area contributed by atoms with Gasteiger partial charge in [0.25, 0.3) is 0 Å². The molecule has 2 aromatic heterocycles. The van der Waals surface area contributed by atoms with Gasteiger partial charge in [0.05, 0.1) is 16.6 Å². The first-order valence-corrected chi connectivity index (χ1v) is 10.8. The van der Waals surface area contributed by atoms with Crippen molar-refractivity contribution in [2.24, 2.45) is 5.73 Å². The Hall–Kier alpha value is -3.50. The maximum Gasteiger partial charge on any atom is 0.220 e. The SMILES string of the molecule is NCc1ccc(-c2nc3c(C4=CCCCC4)cnc(O)c3cc2-c2ccccc2)cc1. The number of hydrogen-bond donors (Lipinski definition) is 2. The van der Waals surface area contributed by atoms with Crippen LogP contribution >= 0.6 is 0 Å². The molecule has 2 heterocycles. The fourth-order valence-electron chi connectivity index (χ4n) is 4.32. The van der Waals surface area contributed by atoms with Crippen LogP contribution in [0, 0.1) is 0 Å². The molecule has 3 N–H and O–H groups in total. The van der Waals surface area contributed by atoms with E-state index in [0.717, 1.165) is 51.9 Å². The number of aromatic hydroxyl groups is 1. The number of benzene rings is 2. The van der Waals surface area contributed by atoms with E-state index in [-0.39, 0.29) is 5.88 Å². The van der Waals surface area contributed by atoms with Gasteiger partial charge in [-0.2, -0.15) is 0 Å². The molecule has 0 unspecified atom stereocenters. The number of allylic oxidation sites excluding steroid dienone is 2. The minimum Gasteiger partial charge on any atom is -0.493 e. The van der Waals surface area contributed by atoms with Crippen LogP contribution in [-0.2, 0) is 6.54 Å². The Morgan fingerprint density at radius 3 is 2.42 bits per heavy atom. The molecule has 31 heavy (non-hydrogen) atoms. The second-order valence-corrected chi connectivity index (χ2v) is 8.02. The third-order valence-corrected chi connectivity index (χ3v) is 6.02. The van der Waals surface area contributed by atoms with Gasteiger partial charge in [0.1, 0.15) is 0 Å². The number of pyridine rings is 2. The van der Waals surface area contributed by atoms with E-state index in [0.29, 0.717) is 11.9 Å². The molecular formula is C27H25N3O. The van der Waals surface area contributed by atoms with Gasteiger partial charge >= 0.3 is 0 Å². The van der Waals surface area contributed by atoms with Crippen LogP contribution in [0.1, 0.15) is 36.8 Å². The maximum atomic E-state index is 10.6. The van der Waals surface area contributed by atoms with E-state index in [1.165, 1.54) is 18.4 Å². The van der Waals surface area contributed by atoms with Crippen LogP contribution in [0.3, 0.4) is 0 Å². The van der Waals surface area contributed by atoms with Crippen molar-refractivity contribution in [2.45, 2.75) is 32.2 Å². The van der Waals surface area contributed by atoms with Crippen LogP contribution in [-0.4, -0.2) is 15.1 Å². The summed E-state index contributed by atoms with van der Waals surface area (Å²) in [6.07, 6.45) is 8.54. The lowest BCUT2D eigenvalue weighted by molar-refractivity contribution is 0.460. The van der Waals surface area contributed by atoms with Crippen molar-refractivity contribution in [1.82, 2.24) is 9.97 Å². The van der Waals surface area contributed by atoms with E-state index in [9.17, 15) is 5.11 Å². The first-order valence-electron chi connectivity index (χ1n) is 10.8. The van der Waals surface area contributed by atoms with Gasteiger partial charge in [0.2, 0.25) is 5.88 Å². The molecule has 0 spiro atoms. The average Bonchev–Trinajstić information content (AvgIpc) is 2.85. The van der Waals surface area contributed by atoms with Crippen LogP contribution in [0.2, 0.25) is 0 Å². The molecule has 0 bridgehead atoms. The molecule has 0 atom stereocenters. The molecule has 0 aliphatic heterocycles. The molecule has 5 rings (SSSR count). The Labute approximate surface area is 182 Å². The lowest BCUT2D eigenvalue weighted by atomic mass is 9.92. The molecule has 0 amide bonds. The highest BCUT2D eigenvalue weighted by molar-refractivity contribution is 5.99. The summed E-state index contributed by atoms with van der Waals surface area (Å²) in [7, 11) is 0. The summed E-state index contributed by atoms with van der Waals surface area (Å²) < 4.78 is 0. The molecule has 4 heteroatoms. The van der Waals surface area contributed by atoms with Gasteiger partial charge in [0.15, 0.2) is 0 Å². The topological polar surface area (TPSA) is 72.0 Å². The standard InChI is InChI=1S/C27H25N3O/c28-16-18-11-13-21(14-12-18)25-22(19-7-3-1-4-8-19)15-23-26(30-25)24(17-29-27(23)31)20-9-5-2-6-10-20/h1,3-4,7-9,11-15,17H,2,5-6,10,16,28H2,(H,29,31). The smallest absolute Gasteiger partial charge is 0.220 e. The third-order valence-electron chi connectivity index (χ3n) is 6.02. The number of rotatable bonds is 4. The van der Waals surface area contributed by atoms with Crippen molar-refractivity contribution in [1.29, 1.82) is 0 Å². The molecule has 0 saturated carbocycles. The summed E-state index contributed by atoms with van der Waals surface area (Å²) >= 11 is 0. The van der Waals surface area contributed by atoms with Gasteiger partial charge in [-0.15, -0.1) is 0 Å². The number of aromatic nitrogens is 2. The first-order chi connectivity index (χ1) is 15.2. The second-order valence-electron chi connectivity index (χ2n) is 8.02. The Bertz CT molecular complexity index is 1260. The predicted octanol–water partition coefficient (Wildman–Crippen LogP) is 6.09. The van der Waals surface area contributed by atoms with Crippen molar-refractivity contribution in [3.8, 4) is 28.3 Å². The molecule has 0 fully saturated rings. The first kappa shape index (κ1) is 19.5. The summed E-state index contributed by atoms with van der Waals surface area (Å²) in [6, 6.07) is 20.4. The van der Waals surface area contributed by atoms with Crippen LogP contribution < -0.4 is 5.73 Å². The van der Waals surface area contributed by atoms with Gasteiger partial charge in [-0.1, -0.05) is 60.7 Å². The quantitative estimate of drug-likeness (QED) is 0.430. The van der Waals surface area contributed by atoms with Crippen molar-refractivity contribution >= 4 is 16.5 Å². The zero-order chi connectivity index (χ0) is 21.2. The molecular weight excluding hydrogens is 382 g/mol. The maximum absolute atomic E-state index is 10.6. The van der Waals surface area contributed by atoms with Crippen molar-refractivity contribution in [3.05, 3.63) is 84.1 Å². The van der Waals surface area contributed by atoms with Crippen molar-refractivity contribution in [3.63, 3.8) is 0 Å². The number of hydrogen-bond acceptors (Lipinski definition) is 4. The number of nitrogens with two attached hydrogens (primary N) is 1. The van der Waals surface area contributed by atoms with E-state index < -0.39 is 0 Å². The second kappa shape index (κ2) is 8.32. The Kier molecular flexibility index (Phi) is 5.23. The summed E-state index contributed by atoms with van der Waals surface area (Å²) in [5, 5.41) is 11.3. The molecule has 2 aromatic carbocycles. The van der Waals surface area contributed by atoms with Gasteiger partial charge < -0.3 is 10.8 Å². The predicted molar refractivity (Wildman–Crippen MR) is 126 cm³/mol. The zero-order valence-corrected chi connectivity index (χ0v) is 17.4. The summed E-state index contributed by atoms with van der Waals surface area (Å²) in [5.41, 5.74) is 13.9. The van der Waals surface area contributed by atoms with E-state index in [4.69, 9.17) is 10.7 Å². The molecule has 4 nitrogen and oxygen atoms in total. The molecule has 1 aliphatic carbocycles. The average molecular weight is 408 g/mol. The van der Waals surface area contributed by atoms with Gasteiger partial charge in [0, 0.05) is 29.4 Å². The van der Waals surface area contributed by atoms with Crippen molar-refractivity contribution < 1.29 is 5.11 Å². The number of nitrogens with zero attached hydrogens (tertiary/aromatic N) is 2. The van der Waals surface area contributed by atoms with E-state index in [2.05, 4.69) is 35.3 Å². The van der Waals surface area contributed by atoms with Gasteiger partial charge in [-0.05, 0) is 48.4 Å². The highest BCUT2D eigenvalue weighted by Gasteiger charge is 2.18. The molecule has 0 saturated heterocycles. The fourth-order valence-corrected chi connectivity index (χ4v) is 4.32. The van der Waals surface area contributed by atoms with Crippen molar-refractivity contribution in [2.75, 3.05) is 0 Å². The Morgan fingerprint density at radius 1 is 0.903 bits per heavy atom. The highest BCUT2D eigenvalue weighted by atomic mass is 16.3. The monoisotopic (exact) mass is 407 g/mol. The minimum atomic E-state index is 0.0184. The lowest BCUT2D eigenvalue weighted by Gasteiger charge is -2.17. The van der Waals surface area contributed by atoms with E-state index in [1.54, 1.807) is 6.20 Å². The third kappa shape index (κ3) is 3.71. The molecule has 0 radical (unpaired) electrons. The van der Waals surface area contributed by atoms with Crippen LogP contribution in [0.15, 0.2) is 72.9 Å². The minimum absolute atomic E-state index is 0.0184. The molecule has 154 valence electrons. The van der Waals surface area contributed by atoms with Crippen LogP contribution in [0.25, 0.3) is 38.9 Å². The largest absolute Gasteiger partial charge is 0.493 e. The van der Waals surface area contributed by atoms with Crippen LogP contribution in [0.4, 0.5) is 0 Å². The van der Waals surface area contributed by atoms with E-state index in [1.807, 2.05) is 36.4 Å². The number of fused-ring (bicyclic) bond motifs is 1. The van der Waals surface area contributed by atoms with Crippen LogP contribution in [0.5, 0.6) is 5.88 Å². The zero-order valence-electron chi connectivity index (χ0n) is 17.4. The lowest BCUT2D eigenvalue weighted by Crippen LogP contribution is -1.99. The highest BCUT2D eigenvalue weighted by Crippen LogP contribution is 2.39. The summed E-state index contributed by atoms with van der Waals surface area (Å²) in [4.78, 5) is 9.44. The Morgan fingerprint density at radius 2 is 1.71 bits per heavy atom. The van der Waals surface area contributed by atoms with Gasteiger partial charge in [-0.3, -0.25) is 0 Å². The normalized spacial score (nSPS) is 13.9. The molecule has 1 aliphatic rings. The summed E-state index contributed by atoms with van der Waals surface area (Å²) in [5.74, 6) is 0.0184. The molecule has 4 aromatic rings. The van der Waals surface area contributed by atoms with E-state index >= 15 is 0 Å². The van der Waals surface area contributed by atoms with Gasteiger partial charge in [-0.25, -0.2) is 9.97 Å². The Balaban J connectivity index is 1.80. The fraction of sp³-hybridized carbons (Fsp3) is 0.185. The summed E-state index contributed by atoms with van der Waals surface area (Å²) in [6.45, 7) is 0.509.